The van der Waals surface area contributed by atoms with E-state index in [1.807, 2.05) is 36.4 Å². The number of ether oxygens (including phenoxy) is 1. The Morgan fingerprint density at radius 1 is 0.943 bits per heavy atom. The molecule has 5 rings (SSSR count). The highest BCUT2D eigenvalue weighted by Gasteiger charge is 2.43. The average molecular weight is 474 g/mol. The lowest BCUT2D eigenvalue weighted by Crippen LogP contribution is -2.29. The molecule has 2 aliphatic rings. The van der Waals surface area contributed by atoms with E-state index >= 15 is 0 Å². The number of aromatic carboxylic acids is 1. The first kappa shape index (κ1) is 22.6. The third-order valence-electron chi connectivity index (χ3n) is 6.60. The zero-order valence-electron chi connectivity index (χ0n) is 18.7. The molecule has 2 amide bonds. The van der Waals surface area contributed by atoms with Crippen molar-refractivity contribution in [1.82, 2.24) is 5.32 Å². The molecule has 3 aromatic rings. The summed E-state index contributed by atoms with van der Waals surface area (Å²) in [5, 5.41) is 14.2. The van der Waals surface area contributed by atoms with Gasteiger partial charge in [-0.05, 0) is 46.7 Å². The fourth-order valence-electron chi connectivity index (χ4n) is 4.68. The lowest BCUT2D eigenvalue weighted by atomic mass is 9.98. The van der Waals surface area contributed by atoms with Crippen LogP contribution in [-0.2, 0) is 9.53 Å². The SMILES string of the molecule is O=C(NC[C@@H]1C[C@@H]1C(=O)Nc1cccc(C(=O)O)c1F)OCC1c2ccccc2-c2ccccc21. The van der Waals surface area contributed by atoms with Gasteiger partial charge in [0.25, 0.3) is 0 Å². The summed E-state index contributed by atoms with van der Waals surface area (Å²) in [5.41, 5.74) is 3.86. The molecule has 1 fully saturated rings. The minimum Gasteiger partial charge on any atom is -0.478 e. The molecule has 0 unspecified atom stereocenters. The van der Waals surface area contributed by atoms with Crippen LogP contribution in [-0.4, -0.2) is 36.2 Å². The van der Waals surface area contributed by atoms with Gasteiger partial charge in [-0.1, -0.05) is 54.6 Å². The van der Waals surface area contributed by atoms with E-state index in [0.29, 0.717) is 6.42 Å². The summed E-state index contributed by atoms with van der Waals surface area (Å²) < 4.78 is 19.8. The van der Waals surface area contributed by atoms with Crippen molar-refractivity contribution in [2.24, 2.45) is 11.8 Å². The molecule has 0 aromatic heterocycles. The van der Waals surface area contributed by atoms with Crippen LogP contribution in [0.5, 0.6) is 0 Å². The van der Waals surface area contributed by atoms with Crippen LogP contribution in [0.25, 0.3) is 11.1 Å². The first-order chi connectivity index (χ1) is 16.9. The monoisotopic (exact) mass is 474 g/mol. The van der Waals surface area contributed by atoms with E-state index in [1.54, 1.807) is 0 Å². The summed E-state index contributed by atoms with van der Waals surface area (Å²) in [4.78, 5) is 35.8. The van der Waals surface area contributed by atoms with Crippen LogP contribution in [0.2, 0.25) is 0 Å². The average Bonchev–Trinajstić information content (AvgIpc) is 3.58. The van der Waals surface area contributed by atoms with Crippen molar-refractivity contribution in [1.29, 1.82) is 0 Å². The number of fused-ring (bicyclic) bond motifs is 3. The van der Waals surface area contributed by atoms with Gasteiger partial charge >= 0.3 is 12.1 Å². The molecule has 0 aliphatic heterocycles. The van der Waals surface area contributed by atoms with Crippen molar-refractivity contribution < 1.29 is 28.6 Å². The minimum atomic E-state index is -1.41. The Kier molecular flexibility index (Phi) is 5.94. The van der Waals surface area contributed by atoms with Crippen LogP contribution in [0, 0.1) is 17.7 Å². The van der Waals surface area contributed by atoms with Gasteiger partial charge in [0, 0.05) is 18.4 Å². The quantitative estimate of drug-likeness (QED) is 0.463. The van der Waals surface area contributed by atoms with Crippen LogP contribution < -0.4 is 10.6 Å². The number of carbonyl (C=O) groups is 3. The Balaban J connectivity index is 1.12. The van der Waals surface area contributed by atoms with Gasteiger partial charge in [0.15, 0.2) is 5.82 Å². The molecule has 0 radical (unpaired) electrons. The van der Waals surface area contributed by atoms with Crippen LogP contribution >= 0.6 is 0 Å². The van der Waals surface area contributed by atoms with Gasteiger partial charge in [0.05, 0.1) is 11.3 Å². The van der Waals surface area contributed by atoms with Gasteiger partial charge in [-0.25, -0.2) is 14.0 Å². The zero-order chi connectivity index (χ0) is 24.5. The molecule has 35 heavy (non-hydrogen) atoms. The first-order valence-electron chi connectivity index (χ1n) is 11.4. The number of hydrogen-bond acceptors (Lipinski definition) is 4. The minimum absolute atomic E-state index is 0.0379. The molecule has 0 spiro atoms. The Hall–Kier alpha value is -4.20. The molecule has 8 heteroatoms. The lowest BCUT2D eigenvalue weighted by molar-refractivity contribution is -0.117. The molecule has 7 nitrogen and oxygen atoms in total. The highest BCUT2D eigenvalue weighted by atomic mass is 19.1. The number of anilines is 1. The van der Waals surface area contributed by atoms with Gasteiger partial charge in [0.2, 0.25) is 5.91 Å². The molecule has 3 aromatic carbocycles. The van der Waals surface area contributed by atoms with Gasteiger partial charge in [-0.3, -0.25) is 4.79 Å². The summed E-state index contributed by atoms with van der Waals surface area (Å²) in [6, 6.07) is 20.0. The van der Waals surface area contributed by atoms with Gasteiger partial charge in [-0.15, -0.1) is 0 Å². The maximum Gasteiger partial charge on any atom is 0.407 e. The Labute approximate surface area is 200 Å². The van der Waals surface area contributed by atoms with E-state index in [2.05, 4.69) is 22.8 Å². The van der Waals surface area contributed by atoms with Gasteiger partial charge < -0.3 is 20.5 Å². The van der Waals surface area contributed by atoms with E-state index in [9.17, 15) is 18.8 Å². The normalized spacial score (nSPS) is 17.7. The van der Waals surface area contributed by atoms with Gasteiger partial charge in [0.1, 0.15) is 6.61 Å². The zero-order valence-corrected chi connectivity index (χ0v) is 18.7. The van der Waals surface area contributed by atoms with Crippen molar-refractivity contribution in [2.45, 2.75) is 12.3 Å². The fourth-order valence-corrected chi connectivity index (χ4v) is 4.68. The Bertz CT molecular complexity index is 1280. The molecule has 2 atom stereocenters. The summed E-state index contributed by atoms with van der Waals surface area (Å²) in [5.74, 6) is -3.33. The maximum absolute atomic E-state index is 14.2. The number of benzene rings is 3. The molecule has 178 valence electrons. The molecule has 3 N–H and O–H groups in total. The molecule has 1 saturated carbocycles. The number of carboxylic acids is 1. The summed E-state index contributed by atoms with van der Waals surface area (Å²) in [7, 11) is 0. The number of carbonyl (C=O) groups excluding carboxylic acids is 2. The molecular formula is C27H23FN2O5. The predicted octanol–water partition coefficient (Wildman–Crippen LogP) is 4.64. The summed E-state index contributed by atoms with van der Waals surface area (Å²) >= 11 is 0. The third-order valence-corrected chi connectivity index (χ3v) is 6.60. The largest absolute Gasteiger partial charge is 0.478 e. The highest BCUT2D eigenvalue weighted by Crippen LogP contribution is 2.44. The van der Waals surface area contributed by atoms with E-state index in [4.69, 9.17) is 9.84 Å². The standard InChI is InChI=1S/C27H23FN2O5/c28-24-20(26(32)33)10-5-11-23(24)30-25(31)21-12-15(21)13-29-27(34)35-14-22-18-8-3-1-6-16(18)17-7-2-4-9-19(17)22/h1-11,15,21-22H,12-14H2,(H,29,34)(H,30,31)(H,32,33)/t15-,21-/m0/s1. The van der Waals surface area contributed by atoms with E-state index in [1.165, 1.54) is 12.1 Å². The molecular weight excluding hydrogens is 451 g/mol. The second-order valence-corrected chi connectivity index (χ2v) is 8.77. The number of carboxylic acid groups (broad SMARTS) is 1. The van der Waals surface area contributed by atoms with Crippen LogP contribution in [0.3, 0.4) is 0 Å². The summed E-state index contributed by atoms with van der Waals surface area (Å²) in [6.07, 6.45) is -0.0199. The van der Waals surface area contributed by atoms with E-state index < -0.39 is 35.3 Å². The van der Waals surface area contributed by atoms with Crippen LogP contribution in [0.1, 0.15) is 33.8 Å². The molecule has 0 heterocycles. The van der Waals surface area contributed by atoms with Crippen molar-refractivity contribution >= 4 is 23.7 Å². The molecule has 0 bridgehead atoms. The molecule has 2 aliphatic carbocycles. The third kappa shape index (κ3) is 4.47. The van der Waals surface area contributed by atoms with Gasteiger partial charge in [-0.2, -0.15) is 0 Å². The van der Waals surface area contributed by atoms with Crippen molar-refractivity contribution in [2.75, 3.05) is 18.5 Å². The predicted molar refractivity (Wildman–Crippen MR) is 127 cm³/mol. The number of halogens is 1. The van der Waals surface area contributed by atoms with E-state index in [0.717, 1.165) is 28.3 Å². The van der Waals surface area contributed by atoms with Crippen molar-refractivity contribution in [3.8, 4) is 11.1 Å². The summed E-state index contributed by atoms with van der Waals surface area (Å²) in [6.45, 7) is 0.458. The van der Waals surface area contributed by atoms with Crippen LogP contribution in [0.15, 0.2) is 66.7 Å². The number of hydrogen-bond donors (Lipinski definition) is 3. The fraction of sp³-hybridized carbons (Fsp3) is 0.222. The van der Waals surface area contributed by atoms with E-state index in [-0.39, 0.29) is 30.7 Å². The Morgan fingerprint density at radius 3 is 2.26 bits per heavy atom. The highest BCUT2D eigenvalue weighted by molar-refractivity contribution is 5.96. The van der Waals surface area contributed by atoms with Crippen LogP contribution in [0.4, 0.5) is 14.9 Å². The smallest absolute Gasteiger partial charge is 0.407 e. The maximum atomic E-state index is 14.2. The van der Waals surface area contributed by atoms with Crippen molar-refractivity contribution in [3.63, 3.8) is 0 Å². The molecule has 0 saturated heterocycles. The second-order valence-electron chi connectivity index (χ2n) is 8.77. The van der Waals surface area contributed by atoms with Crippen molar-refractivity contribution in [3.05, 3.63) is 89.2 Å². The Morgan fingerprint density at radius 2 is 1.60 bits per heavy atom. The first-order valence-corrected chi connectivity index (χ1v) is 11.4. The second kappa shape index (κ2) is 9.21. The number of alkyl carbamates (subject to hydrolysis) is 1. The number of amides is 2. The lowest BCUT2D eigenvalue weighted by Gasteiger charge is -2.14. The topological polar surface area (TPSA) is 105 Å². The number of nitrogens with one attached hydrogen (secondary N) is 2. The number of rotatable bonds is 7.